The molecule has 1 aliphatic carbocycles. The first-order valence-corrected chi connectivity index (χ1v) is 3.98. The van der Waals surface area contributed by atoms with Gasteiger partial charge in [0.25, 0.3) is 0 Å². The molecule has 4 heteroatoms. The van der Waals surface area contributed by atoms with E-state index in [1.54, 1.807) is 0 Å². The number of hydrogen-bond acceptors (Lipinski definition) is 2. The minimum atomic E-state index is -0.841. The summed E-state index contributed by atoms with van der Waals surface area (Å²) < 4.78 is 0. The van der Waals surface area contributed by atoms with E-state index in [9.17, 15) is 9.59 Å². The van der Waals surface area contributed by atoms with E-state index in [-0.39, 0.29) is 18.3 Å². The fourth-order valence-electron chi connectivity index (χ4n) is 1.38. The Morgan fingerprint density at radius 2 is 1.75 bits per heavy atom. The molecule has 1 aliphatic rings. The van der Waals surface area contributed by atoms with Crippen LogP contribution in [-0.2, 0) is 9.59 Å². The standard InChI is InChI=1S/C8H12O4/c9-6(10)1-2-8(3-4-8)5-7(11)12/h1-5H2,(H,9,10)(H,11,12). The van der Waals surface area contributed by atoms with Crippen molar-refractivity contribution in [2.75, 3.05) is 0 Å². The summed E-state index contributed by atoms with van der Waals surface area (Å²) in [4.78, 5) is 20.6. The second-order valence-corrected chi connectivity index (χ2v) is 3.46. The van der Waals surface area contributed by atoms with Gasteiger partial charge in [-0.25, -0.2) is 0 Å². The van der Waals surface area contributed by atoms with Crippen molar-refractivity contribution in [1.82, 2.24) is 0 Å². The predicted molar refractivity (Wildman–Crippen MR) is 40.8 cm³/mol. The minimum Gasteiger partial charge on any atom is -0.481 e. The van der Waals surface area contributed by atoms with Crippen molar-refractivity contribution in [2.24, 2.45) is 5.41 Å². The van der Waals surface area contributed by atoms with E-state index in [0.717, 1.165) is 12.8 Å². The maximum Gasteiger partial charge on any atom is 0.303 e. The normalized spacial score (nSPS) is 18.7. The smallest absolute Gasteiger partial charge is 0.303 e. The molecule has 0 heterocycles. The Hall–Kier alpha value is -1.06. The zero-order valence-corrected chi connectivity index (χ0v) is 6.75. The molecule has 0 aromatic carbocycles. The second kappa shape index (κ2) is 3.13. The lowest BCUT2D eigenvalue weighted by atomic mass is 9.96. The Balaban J connectivity index is 2.30. The summed E-state index contributed by atoms with van der Waals surface area (Å²) >= 11 is 0. The molecule has 2 N–H and O–H groups in total. The van der Waals surface area contributed by atoms with Gasteiger partial charge in [-0.15, -0.1) is 0 Å². The van der Waals surface area contributed by atoms with Crippen LogP contribution in [0.15, 0.2) is 0 Å². The number of aliphatic carboxylic acids is 2. The van der Waals surface area contributed by atoms with Crippen molar-refractivity contribution >= 4 is 11.9 Å². The average molecular weight is 172 g/mol. The summed E-state index contributed by atoms with van der Waals surface area (Å²) in [6, 6.07) is 0. The molecule has 1 saturated carbocycles. The number of hydrogen-bond donors (Lipinski definition) is 2. The van der Waals surface area contributed by atoms with Crippen molar-refractivity contribution in [3.8, 4) is 0 Å². The lowest BCUT2D eigenvalue weighted by molar-refractivity contribution is -0.140. The van der Waals surface area contributed by atoms with Gasteiger partial charge in [0, 0.05) is 6.42 Å². The molecular formula is C8H12O4. The molecule has 1 rings (SSSR count). The number of carbonyl (C=O) groups is 2. The van der Waals surface area contributed by atoms with Crippen molar-refractivity contribution in [3.63, 3.8) is 0 Å². The van der Waals surface area contributed by atoms with Crippen molar-refractivity contribution in [1.29, 1.82) is 0 Å². The first-order chi connectivity index (χ1) is 5.54. The van der Waals surface area contributed by atoms with Gasteiger partial charge in [-0.05, 0) is 24.7 Å². The van der Waals surface area contributed by atoms with Crippen LogP contribution in [0, 0.1) is 5.41 Å². The van der Waals surface area contributed by atoms with E-state index >= 15 is 0 Å². The SMILES string of the molecule is O=C(O)CCC1(CC(=O)O)CC1. The average Bonchev–Trinajstić information content (AvgIpc) is 2.64. The van der Waals surface area contributed by atoms with Crippen molar-refractivity contribution < 1.29 is 19.8 Å². The van der Waals surface area contributed by atoms with Gasteiger partial charge >= 0.3 is 11.9 Å². The van der Waals surface area contributed by atoms with Crippen LogP contribution in [0.2, 0.25) is 0 Å². The summed E-state index contributed by atoms with van der Waals surface area (Å²) in [5.41, 5.74) is -0.176. The topological polar surface area (TPSA) is 74.6 Å². The second-order valence-electron chi connectivity index (χ2n) is 3.46. The first kappa shape index (κ1) is 9.03. The van der Waals surface area contributed by atoms with Crippen LogP contribution in [-0.4, -0.2) is 22.2 Å². The molecule has 1 fully saturated rings. The van der Waals surface area contributed by atoms with Crippen LogP contribution in [0.5, 0.6) is 0 Å². The quantitative estimate of drug-likeness (QED) is 0.651. The summed E-state index contributed by atoms with van der Waals surface area (Å²) in [5.74, 6) is -1.66. The Bertz CT molecular complexity index is 205. The highest BCUT2D eigenvalue weighted by Gasteiger charge is 2.44. The molecular weight excluding hydrogens is 160 g/mol. The highest BCUT2D eigenvalue weighted by molar-refractivity contribution is 5.69. The number of rotatable bonds is 5. The highest BCUT2D eigenvalue weighted by Crippen LogP contribution is 2.52. The van der Waals surface area contributed by atoms with Gasteiger partial charge in [0.1, 0.15) is 0 Å². The third kappa shape index (κ3) is 2.53. The van der Waals surface area contributed by atoms with E-state index in [0.29, 0.717) is 6.42 Å². The summed E-state index contributed by atoms with van der Waals surface area (Å²) in [7, 11) is 0. The highest BCUT2D eigenvalue weighted by atomic mass is 16.4. The molecule has 0 radical (unpaired) electrons. The zero-order valence-electron chi connectivity index (χ0n) is 6.75. The monoisotopic (exact) mass is 172 g/mol. The summed E-state index contributed by atoms with van der Waals surface area (Å²) in [6.45, 7) is 0. The fraction of sp³-hybridized carbons (Fsp3) is 0.750. The van der Waals surface area contributed by atoms with Crippen LogP contribution >= 0.6 is 0 Å². The molecule has 0 amide bonds. The lowest BCUT2D eigenvalue weighted by Crippen LogP contribution is -2.10. The lowest BCUT2D eigenvalue weighted by Gasteiger charge is -2.09. The molecule has 0 aliphatic heterocycles. The molecule has 0 aromatic rings. The zero-order chi connectivity index (χ0) is 9.19. The Kier molecular flexibility index (Phi) is 2.35. The van der Waals surface area contributed by atoms with Gasteiger partial charge < -0.3 is 10.2 Å². The summed E-state index contributed by atoms with van der Waals surface area (Å²) in [5, 5.41) is 16.9. The van der Waals surface area contributed by atoms with E-state index < -0.39 is 11.9 Å². The van der Waals surface area contributed by atoms with Gasteiger partial charge in [0.2, 0.25) is 0 Å². The van der Waals surface area contributed by atoms with E-state index in [1.165, 1.54) is 0 Å². The van der Waals surface area contributed by atoms with Crippen molar-refractivity contribution in [2.45, 2.75) is 32.1 Å². The number of carboxylic acids is 2. The molecule has 0 unspecified atom stereocenters. The molecule has 0 saturated heterocycles. The molecule has 0 atom stereocenters. The van der Waals surface area contributed by atoms with E-state index in [4.69, 9.17) is 10.2 Å². The number of carboxylic acid groups (broad SMARTS) is 2. The van der Waals surface area contributed by atoms with Gasteiger partial charge in [0.05, 0.1) is 6.42 Å². The summed E-state index contributed by atoms with van der Waals surface area (Å²) in [6.07, 6.45) is 2.46. The predicted octanol–water partition coefficient (Wildman–Crippen LogP) is 1.11. The van der Waals surface area contributed by atoms with Gasteiger partial charge in [-0.1, -0.05) is 0 Å². The van der Waals surface area contributed by atoms with E-state index in [1.807, 2.05) is 0 Å². The van der Waals surface area contributed by atoms with Crippen LogP contribution < -0.4 is 0 Å². The Morgan fingerprint density at radius 3 is 2.08 bits per heavy atom. The van der Waals surface area contributed by atoms with Gasteiger partial charge in [-0.3, -0.25) is 9.59 Å². The van der Waals surface area contributed by atoms with Gasteiger partial charge in [-0.2, -0.15) is 0 Å². The Labute approximate surface area is 70.2 Å². The van der Waals surface area contributed by atoms with Gasteiger partial charge in [0.15, 0.2) is 0 Å². The molecule has 0 aromatic heterocycles. The molecule has 68 valence electrons. The molecule has 4 nitrogen and oxygen atoms in total. The molecule has 0 bridgehead atoms. The van der Waals surface area contributed by atoms with Crippen LogP contribution in [0.25, 0.3) is 0 Å². The van der Waals surface area contributed by atoms with Crippen LogP contribution in [0.1, 0.15) is 32.1 Å². The third-order valence-electron chi connectivity index (χ3n) is 2.35. The minimum absolute atomic E-state index is 0.0906. The maximum atomic E-state index is 10.4. The largest absolute Gasteiger partial charge is 0.481 e. The fourth-order valence-corrected chi connectivity index (χ4v) is 1.38. The maximum absolute atomic E-state index is 10.4. The van der Waals surface area contributed by atoms with Crippen LogP contribution in [0.4, 0.5) is 0 Å². The molecule has 0 spiro atoms. The molecule has 12 heavy (non-hydrogen) atoms. The van der Waals surface area contributed by atoms with E-state index in [2.05, 4.69) is 0 Å². The van der Waals surface area contributed by atoms with Crippen molar-refractivity contribution in [3.05, 3.63) is 0 Å². The Morgan fingerprint density at radius 1 is 1.17 bits per heavy atom. The third-order valence-corrected chi connectivity index (χ3v) is 2.35. The first-order valence-electron chi connectivity index (χ1n) is 3.98. The van der Waals surface area contributed by atoms with Crippen LogP contribution in [0.3, 0.4) is 0 Å².